The van der Waals surface area contributed by atoms with Gasteiger partial charge in [-0.1, -0.05) is 0 Å². The van der Waals surface area contributed by atoms with Crippen molar-refractivity contribution in [2.45, 2.75) is 12.8 Å². The van der Waals surface area contributed by atoms with Crippen LogP contribution in [-0.2, 0) is 9.59 Å². The number of thioether (sulfide) groups is 1. The van der Waals surface area contributed by atoms with E-state index in [9.17, 15) is 14.4 Å². The van der Waals surface area contributed by atoms with Crippen molar-refractivity contribution in [3.63, 3.8) is 0 Å². The molecule has 0 bridgehead atoms. The number of carbonyl (C=O) groups is 3. The Bertz CT molecular complexity index is 502. The molecule has 0 radical (unpaired) electrons. The Hall–Kier alpha value is -2.02. The molecule has 1 aromatic carbocycles. The number of carboxylic acids is 1. The third-order valence-electron chi connectivity index (χ3n) is 2.59. The second-order valence-corrected chi connectivity index (χ2v) is 5.25. The minimum Gasteiger partial charge on any atom is -0.481 e. The largest absolute Gasteiger partial charge is 0.481 e. The van der Waals surface area contributed by atoms with Crippen molar-refractivity contribution < 1.29 is 19.5 Å². The van der Waals surface area contributed by atoms with Gasteiger partial charge in [0.1, 0.15) is 0 Å². The average molecular weight is 310 g/mol. The van der Waals surface area contributed by atoms with E-state index in [0.717, 1.165) is 5.75 Å². The van der Waals surface area contributed by atoms with Gasteiger partial charge in [0.2, 0.25) is 5.91 Å². The van der Waals surface area contributed by atoms with Crippen molar-refractivity contribution in [3.8, 4) is 0 Å². The molecule has 3 N–H and O–H groups in total. The topological polar surface area (TPSA) is 95.5 Å². The van der Waals surface area contributed by atoms with Crippen LogP contribution in [0.15, 0.2) is 24.3 Å². The lowest BCUT2D eigenvalue weighted by Crippen LogP contribution is -2.25. The molecule has 1 aromatic rings. The molecule has 0 aromatic heterocycles. The lowest BCUT2D eigenvalue weighted by Gasteiger charge is -2.07. The maximum Gasteiger partial charge on any atom is 0.305 e. The summed E-state index contributed by atoms with van der Waals surface area (Å²) in [4.78, 5) is 33.6. The molecule has 7 heteroatoms. The summed E-state index contributed by atoms with van der Waals surface area (Å²) < 4.78 is 0. The Morgan fingerprint density at radius 1 is 1.14 bits per heavy atom. The maximum atomic E-state index is 11.7. The van der Waals surface area contributed by atoms with Crippen molar-refractivity contribution >= 4 is 35.2 Å². The van der Waals surface area contributed by atoms with Gasteiger partial charge in [0, 0.05) is 30.0 Å². The van der Waals surface area contributed by atoms with Crippen molar-refractivity contribution in [1.29, 1.82) is 0 Å². The van der Waals surface area contributed by atoms with Crippen LogP contribution in [0.5, 0.6) is 0 Å². The molecular formula is C14H18N2O4S. The molecule has 0 unspecified atom stereocenters. The number of carbonyl (C=O) groups excluding carboxylic acids is 2. The predicted molar refractivity (Wildman–Crippen MR) is 82.7 cm³/mol. The van der Waals surface area contributed by atoms with Crippen molar-refractivity contribution in [2.24, 2.45) is 0 Å². The van der Waals surface area contributed by atoms with Crippen molar-refractivity contribution in [1.82, 2.24) is 5.32 Å². The molecule has 0 heterocycles. The van der Waals surface area contributed by atoms with E-state index in [4.69, 9.17) is 5.11 Å². The van der Waals surface area contributed by atoms with Gasteiger partial charge in [-0.05, 0) is 30.5 Å². The van der Waals surface area contributed by atoms with E-state index in [1.54, 1.807) is 36.0 Å². The first-order valence-electron chi connectivity index (χ1n) is 6.41. The highest BCUT2D eigenvalue weighted by Crippen LogP contribution is 2.10. The van der Waals surface area contributed by atoms with Crippen LogP contribution in [0.1, 0.15) is 23.2 Å². The molecule has 0 atom stereocenters. The molecule has 21 heavy (non-hydrogen) atoms. The number of benzene rings is 1. The fraction of sp³-hybridized carbons (Fsp3) is 0.357. The number of carboxylic acid groups (broad SMARTS) is 1. The summed E-state index contributed by atoms with van der Waals surface area (Å²) >= 11 is 1.60. The van der Waals surface area contributed by atoms with E-state index >= 15 is 0 Å². The molecule has 114 valence electrons. The zero-order chi connectivity index (χ0) is 15.7. The summed E-state index contributed by atoms with van der Waals surface area (Å²) in [6.45, 7) is 0.0847. The number of rotatable bonds is 8. The number of nitrogens with one attached hydrogen (secondary N) is 2. The second-order valence-electron chi connectivity index (χ2n) is 4.27. The van der Waals surface area contributed by atoms with Crippen LogP contribution in [0.4, 0.5) is 5.69 Å². The van der Waals surface area contributed by atoms with Gasteiger partial charge in [0.05, 0.1) is 6.42 Å². The SMILES string of the molecule is CSCCC(=O)Nc1ccc(C(=O)NCCC(=O)O)cc1. The summed E-state index contributed by atoms with van der Waals surface area (Å²) in [6, 6.07) is 6.45. The number of hydrogen-bond donors (Lipinski definition) is 3. The molecule has 1 rings (SSSR count). The normalized spacial score (nSPS) is 9.95. The second kappa shape index (κ2) is 9.02. The Kier molecular flexibility index (Phi) is 7.31. The van der Waals surface area contributed by atoms with Gasteiger partial charge < -0.3 is 15.7 Å². The standard InChI is InChI=1S/C14H18N2O4S/c1-21-9-7-12(17)16-11-4-2-10(3-5-11)14(20)15-8-6-13(18)19/h2-5H,6-9H2,1H3,(H,15,20)(H,16,17)(H,18,19). The molecule has 0 aliphatic heterocycles. The van der Waals surface area contributed by atoms with Crippen LogP contribution < -0.4 is 10.6 Å². The lowest BCUT2D eigenvalue weighted by molar-refractivity contribution is -0.136. The Balaban J connectivity index is 2.47. The Morgan fingerprint density at radius 2 is 1.81 bits per heavy atom. The van der Waals surface area contributed by atoms with E-state index in [1.165, 1.54) is 0 Å². The molecule has 0 spiro atoms. The number of aliphatic carboxylic acids is 1. The Morgan fingerprint density at radius 3 is 2.38 bits per heavy atom. The van der Waals surface area contributed by atoms with Gasteiger partial charge in [-0.3, -0.25) is 14.4 Å². The monoisotopic (exact) mass is 310 g/mol. The summed E-state index contributed by atoms with van der Waals surface area (Å²) in [5, 5.41) is 13.7. The van der Waals surface area contributed by atoms with Crippen LogP contribution in [0.3, 0.4) is 0 Å². The lowest BCUT2D eigenvalue weighted by atomic mass is 10.2. The van der Waals surface area contributed by atoms with Crippen LogP contribution in [0.25, 0.3) is 0 Å². The van der Waals surface area contributed by atoms with Crippen LogP contribution >= 0.6 is 11.8 Å². The molecular weight excluding hydrogens is 292 g/mol. The number of amides is 2. The molecule has 0 aliphatic rings. The van der Waals surface area contributed by atoms with E-state index in [-0.39, 0.29) is 24.8 Å². The zero-order valence-electron chi connectivity index (χ0n) is 11.7. The minimum absolute atomic E-state index is 0.0667. The first kappa shape index (κ1) is 17.0. The third kappa shape index (κ3) is 6.80. The quantitative estimate of drug-likeness (QED) is 0.677. The van der Waals surface area contributed by atoms with Crippen LogP contribution in [0, 0.1) is 0 Å². The minimum atomic E-state index is -0.960. The van der Waals surface area contributed by atoms with E-state index in [2.05, 4.69) is 10.6 Å². The van der Waals surface area contributed by atoms with Gasteiger partial charge in [-0.2, -0.15) is 11.8 Å². The van der Waals surface area contributed by atoms with Gasteiger partial charge in [-0.15, -0.1) is 0 Å². The Labute approximate surface area is 127 Å². The van der Waals surface area contributed by atoms with E-state index in [0.29, 0.717) is 17.7 Å². The predicted octanol–water partition coefficient (Wildman–Crippen LogP) is 1.58. The van der Waals surface area contributed by atoms with Crippen molar-refractivity contribution in [3.05, 3.63) is 29.8 Å². The summed E-state index contributed by atoms with van der Waals surface area (Å²) in [6.07, 6.45) is 2.26. The maximum absolute atomic E-state index is 11.7. The molecule has 2 amide bonds. The summed E-state index contributed by atoms with van der Waals surface area (Å²) in [5.41, 5.74) is 1.05. The van der Waals surface area contributed by atoms with Gasteiger partial charge in [-0.25, -0.2) is 0 Å². The summed E-state index contributed by atoms with van der Waals surface area (Å²) in [5.74, 6) is -0.603. The molecule has 0 aliphatic carbocycles. The molecule has 0 saturated carbocycles. The van der Waals surface area contributed by atoms with Crippen LogP contribution in [0.2, 0.25) is 0 Å². The third-order valence-corrected chi connectivity index (χ3v) is 3.20. The molecule has 0 fully saturated rings. The highest BCUT2D eigenvalue weighted by atomic mass is 32.2. The fourth-order valence-electron chi connectivity index (χ4n) is 1.51. The van der Waals surface area contributed by atoms with Gasteiger partial charge in [0.25, 0.3) is 5.91 Å². The van der Waals surface area contributed by atoms with Gasteiger partial charge >= 0.3 is 5.97 Å². The van der Waals surface area contributed by atoms with E-state index < -0.39 is 5.97 Å². The zero-order valence-corrected chi connectivity index (χ0v) is 12.5. The van der Waals surface area contributed by atoms with E-state index in [1.807, 2.05) is 6.26 Å². The van der Waals surface area contributed by atoms with Gasteiger partial charge in [0.15, 0.2) is 0 Å². The highest BCUT2D eigenvalue weighted by molar-refractivity contribution is 7.98. The first-order valence-corrected chi connectivity index (χ1v) is 7.81. The van der Waals surface area contributed by atoms with Crippen molar-refractivity contribution in [2.75, 3.05) is 23.9 Å². The first-order chi connectivity index (χ1) is 10.0. The molecule has 0 saturated heterocycles. The smallest absolute Gasteiger partial charge is 0.305 e. The average Bonchev–Trinajstić information content (AvgIpc) is 2.45. The summed E-state index contributed by atoms with van der Waals surface area (Å²) in [7, 11) is 0. The number of hydrogen-bond acceptors (Lipinski definition) is 4. The molecule has 6 nitrogen and oxygen atoms in total. The fourth-order valence-corrected chi connectivity index (χ4v) is 1.90. The van der Waals surface area contributed by atoms with Crippen LogP contribution in [-0.4, -0.2) is 41.4 Å². The highest BCUT2D eigenvalue weighted by Gasteiger charge is 2.07. The number of anilines is 1.